The molecule has 6 spiro atoms. The van der Waals surface area contributed by atoms with E-state index in [-0.39, 0.29) is 54.7 Å². The number of aliphatic hydroxyl groups is 2. The lowest BCUT2D eigenvalue weighted by molar-refractivity contribution is -0.192. The summed E-state index contributed by atoms with van der Waals surface area (Å²) < 4.78 is 96.0. The molecule has 0 bridgehead atoms. The predicted molar refractivity (Wildman–Crippen MR) is 481 cm³/mol. The van der Waals surface area contributed by atoms with Gasteiger partial charge in [-0.15, -0.1) is 0 Å². The van der Waals surface area contributed by atoms with Gasteiger partial charge in [0.2, 0.25) is 0 Å². The van der Waals surface area contributed by atoms with Crippen LogP contribution in [0.1, 0.15) is 100 Å². The average molecular weight is 1890 g/mol. The van der Waals surface area contributed by atoms with Gasteiger partial charge in [-0.3, -0.25) is 60.7 Å². The highest BCUT2D eigenvalue weighted by atomic mass is 19.3. The minimum Gasteiger partial charge on any atom is -0.496 e. The molecular weight excluding hydrogens is 1810 g/mol. The molecule has 0 saturated carbocycles. The van der Waals surface area contributed by atoms with Crippen LogP contribution in [0.3, 0.4) is 0 Å². The van der Waals surface area contributed by atoms with Gasteiger partial charge in [-0.1, -0.05) is 150 Å². The summed E-state index contributed by atoms with van der Waals surface area (Å²) in [6.45, 7) is 8.93. The Bertz CT molecular complexity index is 7540. The van der Waals surface area contributed by atoms with Crippen molar-refractivity contribution in [3.05, 3.63) is 336 Å². The Hall–Kier alpha value is -17.4. The summed E-state index contributed by atoms with van der Waals surface area (Å²) in [6.07, 6.45) is -2.32. The SMILES string of the molecule is COc1cc2c(cc1C)C1(NC(=O)NC1=O)c1cc(F)ccc1-2.Cc1ccc2c(c1)-c1ccc(F)cc1C21NC(=O)NC1=O.Cc1ccc2c(c1)C1(NC(=O)NC1=O)c1ccc(CO)cc1-2.Cc1ccc2c(c1)C1(NC(=O)NC1=O)c1ccc(OCC(F)F)cc1-2.Cc1ccc2c(c1)C1(NC(=O)NC1=O)c1ccc(OCCO)cc1-2.O=C1NC(=O)C2(N1)c1cc(F)ccc1-c1c(F)cccc12.O=C=O. The molecule has 6 fully saturated rings. The van der Waals surface area contributed by atoms with Gasteiger partial charge in [0.1, 0.15) is 53.7 Å². The number of amides is 18. The minimum atomic E-state index is -2.57. The second-order valence-corrected chi connectivity index (χ2v) is 34.1. The molecule has 37 heteroatoms. The molecule has 0 aromatic heterocycles. The monoisotopic (exact) mass is 1890 g/mol. The predicted octanol–water partition coefficient (Wildman–Crippen LogP) is 11.5. The fourth-order valence-electron chi connectivity index (χ4n) is 20.3. The van der Waals surface area contributed by atoms with Gasteiger partial charge in [-0.05, 0) is 236 Å². The lowest BCUT2D eigenvalue weighted by Crippen LogP contribution is -2.43. The smallest absolute Gasteiger partial charge is 0.373 e. The van der Waals surface area contributed by atoms with Crippen molar-refractivity contribution >= 4 is 77.8 Å². The average Bonchev–Trinajstić information content (AvgIpc) is 1.35. The molecule has 700 valence electrons. The maximum atomic E-state index is 14.2. The molecule has 14 N–H and O–H groups in total. The fourth-order valence-corrected chi connectivity index (χ4v) is 20.3. The molecule has 139 heavy (non-hydrogen) atoms. The van der Waals surface area contributed by atoms with Gasteiger partial charge >= 0.3 is 42.3 Å². The van der Waals surface area contributed by atoms with Gasteiger partial charge in [0.05, 0.1) is 20.3 Å². The minimum absolute atomic E-state index is 0.0694. The van der Waals surface area contributed by atoms with Gasteiger partial charge in [0.15, 0.2) is 33.2 Å². The van der Waals surface area contributed by atoms with Gasteiger partial charge in [-0.25, -0.2) is 55.1 Å². The van der Waals surface area contributed by atoms with E-state index in [1.807, 2.05) is 126 Å². The molecule has 6 saturated heterocycles. The van der Waals surface area contributed by atoms with Crippen LogP contribution in [0.15, 0.2) is 212 Å². The van der Waals surface area contributed by atoms with Gasteiger partial charge < -0.3 is 56.3 Å². The third-order valence-corrected chi connectivity index (χ3v) is 26.0. The van der Waals surface area contributed by atoms with Crippen molar-refractivity contribution in [1.82, 2.24) is 63.8 Å². The number of methoxy groups -OCH3 is 1. The van der Waals surface area contributed by atoms with Crippen LogP contribution < -0.4 is 78.0 Å². The maximum Gasteiger partial charge on any atom is 0.373 e. The number of aliphatic hydroxyl groups excluding tert-OH is 2. The summed E-state index contributed by atoms with van der Waals surface area (Å²) in [6, 6.07) is 55.4. The highest BCUT2D eigenvalue weighted by Crippen LogP contribution is 2.57. The lowest BCUT2D eigenvalue weighted by Gasteiger charge is -2.23. The highest BCUT2D eigenvalue weighted by molar-refractivity contribution is 6.18. The number of alkyl halides is 2. The fraction of sp³-hybridized carbons (Fsp3) is 0.167. The Kier molecular flexibility index (Phi) is 22.8. The van der Waals surface area contributed by atoms with E-state index in [0.29, 0.717) is 67.1 Å². The van der Waals surface area contributed by atoms with Crippen LogP contribution in [0.4, 0.5) is 55.1 Å². The summed E-state index contributed by atoms with van der Waals surface area (Å²) in [5.41, 5.74) is 13.4. The first-order chi connectivity index (χ1) is 66.5. The van der Waals surface area contributed by atoms with Gasteiger partial charge in [0.25, 0.3) is 41.9 Å². The number of hydrogen-bond donors (Lipinski definition) is 14. The molecule has 31 nitrogen and oxygen atoms in total. The molecular formula is C102H76F6N12O19. The van der Waals surface area contributed by atoms with Crippen LogP contribution in [0, 0.1) is 57.9 Å². The molecule has 12 aromatic rings. The number of carbonyl (C=O) groups excluding carboxylic acids is 14. The normalized spacial score (nSPS) is 20.8. The number of fused-ring (bicyclic) bond motifs is 30. The molecule has 12 aromatic carbocycles. The molecule has 24 rings (SSSR count). The zero-order chi connectivity index (χ0) is 98.8. The van der Waals surface area contributed by atoms with Crippen molar-refractivity contribution in [1.29, 1.82) is 0 Å². The molecule has 12 aliphatic rings. The van der Waals surface area contributed by atoms with Crippen LogP contribution in [0.25, 0.3) is 66.8 Å². The topological polar surface area (TPSA) is 451 Å². The first-order valence-corrected chi connectivity index (χ1v) is 42.8. The molecule has 6 unspecified atom stereocenters. The van der Waals surface area contributed by atoms with Crippen LogP contribution in [-0.4, -0.2) is 121 Å². The first-order valence-electron chi connectivity index (χ1n) is 42.8. The standard InChI is InChI=1S/C18H14F2N2O3.C18H16N2O4.C17H13FN2O3.C17H14N2O3.C16H11FN2O2.C15H8F2N2O2.CO2/c1-9-2-4-11-12-7-10(25-8-15(19)20)3-5-13(12)18(14(11)6-9)16(23)21-17(24)22-18;1-10-2-4-12-13-9-11(24-7-6-21)3-5-14(13)18(15(12)8-10)16(22)19-17(23)20-18;1-8-5-12-11(7-14(8)23-2)10-4-3-9(18)6-13(10)17(12)15(21)19-16(22)20-17;1-9-2-4-11-12-7-10(8-20)3-5-13(12)17(14(11)6-9)15(21)18-16(22)19-17;1-8-2-5-12-11(6-8)10-4-3-9(17)7-13(10)16(12)14(20)18-15(21)19-16;16-7-4-5-8-10(6-7)15(13(20)18-14(21)19-15)9-2-1-3-11(17)12(8)9;2-1-3/h2-7,15H,8H2,1H3,(H2,21,22,23,24);2-5,8-9,21H,6-7H2,1H3,(H2,19,20,22,23);3-7H,1-2H3,(H2,19,20,21,22);2-7,20H,8H2,1H3,(H2,18,19,21,22);2-7H,1H3,(H2,18,19,20,21);1-6H,(H2,18,19,20,21);. The summed E-state index contributed by atoms with van der Waals surface area (Å²) >= 11 is 0. The maximum absolute atomic E-state index is 14.2. The van der Waals surface area contributed by atoms with Crippen LogP contribution >= 0.6 is 0 Å². The summed E-state index contributed by atoms with van der Waals surface area (Å²) in [5.74, 6) is -3.22. The Labute approximate surface area is 783 Å². The number of nitrogens with one attached hydrogen (secondary N) is 12. The van der Waals surface area contributed by atoms with Gasteiger partial charge in [-0.2, -0.15) is 9.59 Å². The quantitative estimate of drug-likeness (QED) is 0.0496. The van der Waals surface area contributed by atoms with E-state index >= 15 is 0 Å². The lowest BCUT2D eigenvalue weighted by atomic mass is 9.87. The van der Waals surface area contributed by atoms with Gasteiger partial charge in [0, 0.05) is 27.8 Å². The van der Waals surface area contributed by atoms with Crippen LogP contribution in [0.2, 0.25) is 0 Å². The van der Waals surface area contributed by atoms with Crippen LogP contribution in [0.5, 0.6) is 17.2 Å². The molecule has 6 heterocycles. The molecule has 0 radical (unpaired) electrons. The van der Waals surface area contributed by atoms with E-state index < -0.39 is 129 Å². The third-order valence-electron chi connectivity index (χ3n) is 26.0. The van der Waals surface area contributed by atoms with E-state index in [2.05, 4.69) is 63.8 Å². The highest BCUT2D eigenvalue weighted by Gasteiger charge is 2.62. The number of ether oxygens (including phenoxy) is 3. The summed E-state index contributed by atoms with van der Waals surface area (Å²) in [7, 11) is 1.56. The third kappa shape index (κ3) is 14.5. The van der Waals surface area contributed by atoms with Crippen molar-refractivity contribution in [3.8, 4) is 84.0 Å². The Morgan fingerprint density at radius 2 is 0.633 bits per heavy atom. The molecule has 18 amide bonds. The number of rotatable bonds is 8. The number of hydrogen-bond acceptors (Lipinski definition) is 19. The number of halogens is 6. The summed E-state index contributed by atoms with van der Waals surface area (Å²) in [5, 5.41) is 48.1. The van der Waals surface area contributed by atoms with E-state index in [0.717, 1.165) is 106 Å². The second-order valence-electron chi connectivity index (χ2n) is 34.1. The Balaban J connectivity index is 0.000000110. The van der Waals surface area contributed by atoms with Crippen molar-refractivity contribution < 1.29 is 118 Å². The number of aryl methyl sites for hydroxylation is 5. The van der Waals surface area contributed by atoms with Crippen molar-refractivity contribution in [2.75, 3.05) is 26.9 Å². The number of urea groups is 6. The van der Waals surface area contributed by atoms with E-state index in [1.54, 1.807) is 67.8 Å². The number of carbonyl (C=O) groups is 12. The molecule has 6 aliphatic carbocycles. The molecule has 6 atom stereocenters. The van der Waals surface area contributed by atoms with E-state index in [9.17, 15) is 89.0 Å². The number of benzene rings is 12. The van der Waals surface area contributed by atoms with Crippen molar-refractivity contribution in [3.63, 3.8) is 0 Å². The van der Waals surface area contributed by atoms with Crippen molar-refractivity contribution in [2.24, 2.45) is 0 Å². The van der Waals surface area contributed by atoms with Crippen molar-refractivity contribution in [2.45, 2.75) is 80.9 Å². The first kappa shape index (κ1) is 92.0. The summed E-state index contributed by atoms with van der Waals surface area (Å²) in [4.78, 5) is 162. The second kappa shape index (κ2) is 34.5. The van der Waals surface area contributed by atoms with E-state index in [4.69, 9.17) is 28.9 Å². The Morgan fingerprint density at radius 3 is 1.01 bits per heavy atom. The Morgan fingerprint density at radius 1 is 0.324 bits per heavy atom. The van der Waals surface area contributed by atoms with E-state index in [1.165, 1.54) is 54.6 Å². The zero-order valence-corrected chi connectivity index (χ0v) is 73.7. The largest absolute Gasteiger partial charge is 0.496 e. The number of imide groups is 6. The van der Waals surface area contributed by atoms with Crippen LogP contribution in [-0.2, 0) is 78.2 Å². The molecule has 6 aliphatic heterocycles. The zero-order valence-electron chi connectivity index (χ0n) is 73.7.